The second-order valence-electron chi connectivity index (χ2n) is 4.22. The number of carbonyl (C=O) groups excluding carboxylic acids is 1. The molecule has 0 aliphatic rings. The van der Waals surface area contributed by atoms with Gasteiger partial charge in [-0.25, -0.2) is 9.18 Å². The number of nitrogens with two attached hydrogens (primary N) is 1. The molecule has 98 valence electrons. The molecule has 0 atom stereocenters. The van der Waals surface area contributed by atoms with Gasteiger partial charge in [0.1, 0.15) is 5.82 Å². The molecule has 0 unspecified atom stereocenters. The van der Waals surface area contributed by atoms with Gasteiger partial charge in [0.05, 0.1) is 0 Å². The minimum absolute atomic E-state index is 0.390. The molecule has 0 heterocycles. The highest BCUT2D eigenvalue weighted by molar-refractivity contribution is 6.00. The Morgan fingerprint density at radius 1 is 1.11 bits per heavy atom. The number of aryl methyl sites for hydroxylation is 1. The van der Waals surface area contributed by atoms with Crippen LogP contribution in [0.4, 0.5) is 26.2 Å². The first-order chi connectivity index (χ1) is 9.02. The second kappa shape index (κ2) is 5.39. The number of amides is 2. The molecular formula is C14H14FN3O. The van der Waals surface area contributed by atoms with Crippen molar-refractivity contribution >= 4 is 23.1 Å². The van der Waals surface area contributed by atoms with E-state index in [1.807, 2.05) is 0 Å². The van der Waals surface area contributed by atoms with E-state index < -0.39 is 6.03 Å². The predicted molar refractivity (Wildman–Crippen MR) is 74.6 cm³/mol. The number of anilines is 3. The molecule has 0 fully saturated rings. The summed E-state index contributed by atoms with van der Waals surface area (Å²) in [5.41, 5.74) is 7.87. The topological polar surface area (TPSA) is 67.2 Å². The van der Waals surface area contributed by atoms with Crippen molar-refractivity contribution in [2.24, 2.45) is 0 Å². The van der Waals surface area contributed by atoms with E-state index in [1.54, 1.807) is 37.3 Å². The summed E-state index contributed by atoms with van der Waals surface area (Å²) < 4.78 is 13.2. The number of nitrogen functional groups attached to an aromatic ring is 1. The Hall–Kier alpha value is -2.56. The number of hydrogen-bond donors (Lipinski definition) is 3. The highest BCUT2D eigenvalue weighted by Gasteiger charge is 2.04. The Morgan fingerprint density at radius 3 is 2.53 bits per heavy atom. The Morgan fingerprint density at radius 2 is 1.84 bits per heavy atom. The fourth-order valence-electron chi connectivity index (χ4n) is 1.72. The lowest BCUT2D eigenvalue weighted by molar-refractivity contribution is 0.262. The maximum absolute atomic E-state index is 13.2. The first kappa shape index (κ1) is 12.9. The number of hydrogen-bond acceptors (Lipinski definition) is 2. The summed E-state index contributed by atoms with van der Waals surface area (Å²) in [6.07, 6.45) is 0. The molecule has 0 aromatic heterocycles. The van der Waals surface area contributed by atoms with Crippen LogP contribution in [-0.2, 0) is 0 Å². The third kappa shape index (κ3) is 3.70. The maximum Gasteiger partial charge on any atom is 0.323 e. The van der Waals surface area contributed by atoms with Crippen molar-refractivity contribution in [3.8, 4) is 0 Å². The van der Waals surface area contributed by atoms with Crippen LogP contribution in [0.1, 0.15) is 5.56 Å². The van der Waals surface area contributed by atoms with Gasteiger partial charge in [0.15, 0.2) is 0 Å². The van der Waals surface area contributed by atoms with Gasteiger partial charge in [0.2, 0.25) is 0 Å². The minimum Gasteiger partial charge on any atom is -0.399 e. The SMILES string of the molecule is Cc1cc(F)cc(NC(=O)Nc2cccc(N)c2)c1. The number of rotatable bonds is 2. The van der Waals surface area contributed by atoms with Crippen LogP contribution in [0.2, 0.25) is 0 Å². The van der Waals surface area contributed by atoms with E-state index in [2.05, 4.69) is 10.6 Å². The molecule has 2 amide bonds. The Labute approximate surface area is 110 Å². The van der Waals surface area contributed by atoms with Gasteiger partial charge in [-0.15, -0.1) is 0 Å². The minimum atomic E-state index is -0.449. The zero-order valence-electron chi connectivity index (χ0n) is 10.4. The predicted octanol–water partition coefficient (Wildman–Crippen LogP) is 3.36. The number of nitrogens with one attached hydrogen (secondary N) is 2. The molecule has 0 saturated heterocycles. The van der Waals surface area contributed by atoms with Gasteiger partial charge in [0.25, 0.3) is 0 Å². The van der Waals surface area contributed by atoms with Gasteiger partial charge in [-0.2, -0.15) is 0 Å². The fourth-order valence-corrected chi connectivity index (χ4v) is 1.72. The van der Waals surface area contributed by atoms with Crippen LogP contribution in [0.15, 0.2) is 42.5 Å². The van der Waals surface area contributed by atoms with E-state index >= 15 is 0 Å². The van der Waals surface area contributed by atoms with Gasteiger partial charge in [0, 0.05) is 17.1 Å². The van der Waals surface area contributed by atoms with Crippen LogP contribution in [0.5, 0.6) is 0 Å². The van der Waals surface area contributed by atoms with Crippen LogP contribution in [-0.4, -0.2) is 6.03 Å². The van der Waals surface area contributed by atoms with Crippen LogP contribution >= 0.6 is 0 Å². The third-order valence-electron chi connectivity index (χ3n) is 2.44. The number of benzene rings is 2. The molecule has 19 heavy (non-hydrogen) atoms. The van der Waals surface area contributed by atoms with Crippen molar-refractivity contribution in [1.29, 1.82) is 0 Å². The molecule has 0 radical (unpaired) electrons. The molecule has 2 aromatic rings. The normalized spacial score (nSPS) is 10.0. The molecule has 0 aliphatic carbocycles. The number of carbonyl (C=O) groups is 1. The van der Waals surface area contributed by atoms with Crippen LogP contribution < -0.4 is 16.4 Å². The number of halogens is 1. The summed E-state index contributed by atoms with van der Waals surface area (Å²) in [5, 5.41) is 5.18. The summed E-state index contributed by atoms with van der Waals surface area (Å²) in [6.45, 7) is 1.75. The lowest BCUT2D eigenvalue weighted by Crippen LogP contribution is -2.19. The highest BCUT2D eigenvalue weighted by atomic mass is 19.1. The van der Waals surface area contributed by atoms with Crippen molar-refractivity contribution < 1.29 is 9.18 Å². The van der Waals surface area contributed by atoms with Crippen LogP contribution in [0.25, 0.3) is 0 Å². The van der Waals surface area contributed by atoms with Gasteiger partial charge >= 0.3 is 6.03 Å². The largest absolute Gasteiger partial charge is 0.399 e. The van der Waals surface area contributed by atoms with Crippen molar-refractivity contribution in [3.05, 3.63) is 53.8 Å². The van der Waals surface area contributed by atoms with Crippen molar-refractivity contribution in [3.63, 3.8) is 0 Å². The van der Waals surface area contributed by atoms with Crippen molar-refractivity contribution in [1.82, 2.24) is 0 Å². The molecule has 0 saturated carbocycles. The van der Waals surface area contributed by atoms with E-state index in [0.29, 0.717) is 17.1 Å². The molecule has 4 N–H and O–H groups in total. The third-order valence-corrected chi connectivity index (χ3v) is 2.44. The van der Waals surface area contributed by atoms with Crippen LogP contribution in [0.3, 0.4) is 0 Å². The maximum atomic E-state index is 13.2. The lowest BCUT2D eigenvalue weighted by atomic mass is 10.2. The first-order valence-electron chi connectivity index (χ1n) is 5.74. The Balaban J connectivity index is 2.05. The molecule has 5 heteroatoms. The summed E-state index contributed by atoms with van der Waals surface area (Å²) in [4.78, 5) is 11.7. The van der Waals surface area contributed by atoms with E-state index in [0.717, 1.165) is 5.56 Å². The molecule has 2 rings (SSSR count). The van der Waals surface area contributed by atoms with E-state index in [9.17, 15) is 9.18 Å². The molecule has 4 nitrogen and oxygen atoms in total. The quantitative estimate of drug-likeness (QED) is 0.724. The van der Waals surface area contributed by atoms with Gasteiger partial charge in [-0.05, 0) is 48.9 Å². The highest BCUT2D eigenvalue weighted by Crippen LogP contribution is 2.15. The second-order valence-corrected chi connectivity index (χ2v) is 4.22. The fraction of sp³-hybridized carbons (Fsp3) is 0.0714. The zero-order chi connectivity index (χ0) is 13.8. The van der Waals surface area contributed by atoms with E-state index in [-0.39, 0.29) is 5.82 Å². The average Bonchev–Trinajstić information content (AvgIpc) is 2.26. The Bertz CT molecular complexity index is 593. The summed E-state index contributed by atoms with van der Waals surface area (Å²) in [5.74, 6) is -0.390. The van der Waals surface area contributed by atoms with Gasteiger partial charge in [-0.3, -0.25) is 0 Å². The lowest BCUT2D eigenvalue weighted by Gasteiger charge is -2.09. The molecule has 2 aromatic carbocycles. The monoisotopic (exact) mass is 259 g/mol. The van der Waals surface area contributed by atoms with Crippen LogP contribution in [0, 0.1) is 12.7 Å². The molecule has 0 spiro atoms. The van der Waals surface area contributed by atoms with E-state index in [4.69, 9.17) is 5.73 Å². The van der Waals surface area contributed by atoms with Crippen molar-refractivity contribution in [2.45, 2.75) is 6.92 Å². The standard InChI is InChI=1S/C14H14FN3O/c1-9-5-10(15)7-13(6-9)18-14(19)17-12-4-2-3-11(16)8-12/h2-8H,16H2,1H3,(H2,17,18,19). The molecule has 0 aliphatic heterocycles. The smallest absolute Gasteiger partial charge is 0.323 e. The van der Waals surface area contributed by atoms with E-state index in [1.165, 1.54) is 12.1 Å². The van der Waals surface area contributed by atoms with Gasteiger partial charge < -0.3 is 16.4 Å². The summed E-state index contributed by atoms with van der Waals surface area (Å²) >= 11 is 0. The summed E-state index contributed by atoms with van der Waals surface area (Å²) in [6, 6.07) is 10.7. The zero-order valence-corrected chi connectivity index (χ0v) is 10.4. The Kier molecular flexibility index (Phi) is 3.66. The molecular weight excluding hydrogens is 245 g/mol. The van der Waals surface area contributed by atoms with Crippen molar-refractivity contribution in [2.75, 3.05) is 16.4 Å². The van der Waals surface area contributed by atoms with Gasteiger partial charge in [-0.1, -0.05) is 6.07 Å². The number of urea groups is 1. The molecule has 0 bridgehead atoms. The first-order valence-corrected chi connectivity index (χ1v) is 5.74. The summed E-state index contributed by atoms with van der Waals surface area (Å²) in [7, 11) is 0. The average molecular weight is 259 g/mol.